The highest BCUT2D eigenvalue weighted by Gasteiger charge is 2.29. The molecule has 1 rings (SSSR count). The fourth-order valence-corrected chi connectivity index (χ4v) is 2.84. The third-order valence-electron chi connectivity index (χ3n) is 4.20. The highest BCUT2D eigenvalue weighted by Crippen LogP contribution is 2.20. The van der Waals surface area contributed by atoms with E-state index >= 15 is 0 Å². The lowest BCUT2D eigenvalue weighted by Gasteiger charge is -2.16. The molecule has 1 fully saturated rings. The number of cyclic esters (lactones) is 1. The van der Waals surface area contributed by atoms with Crippen molar-refractivity contribution in [1.29, 1.82) is 0 Å². The fourth-order valence-electron chi connectivity index (χ4n) is 2.84. The average Bonchev–Trinajstić information content (AvgIpc) is 2.87. The molecule has 1 saturated heterocycles. The van der Waals surface area contributed by atoms with E-state index in [1.165, 1.54) is 57.8 Å². The van der Waals surface area contributed by atoms with Gasteiger partial charge in [0, 0.05) is 6.42 Å². The number of esters is 1. The van der Waals surface area contributed by atoms with E-state index in [1.807, 2.05) is 0 Å². The summed E-state index contributed by atoms with van der Waals surface area (Å²) in [6.07, 6.45) is 14.3. The Morgan fingerprint density at radius 1 is 1.05 bits per heavy atom. The summed E-state index contributed by atoms with van der Waals surface area (Å²) >= 11 is 0. The molecule has 0 aromatic carbocycles. The molecule has 0 unspecified atom stereocenters. The molecule has 20 heavy (non-hydrogen) atoms. The van der Waals surface area contributed by atoms with Crippen LogP contribution in [0.15, 0.2) is 0 Å². The van der Waals surface area contributed by atoms with Gasteiger partial charge in [-0.1, -0.05) is 71.1 Å². The molecule has 118 valence electrons. The van der Waals surface area contributed by atoms with E-state index in [1.54, 1.807) is 0 Å². The maximum absolute atomic E-state index is 11.0. The minimum absolute atomic E-state index is 0.155. The molecular formula is C17H32O3. The van der Waals surface area contributed by atoms with E-state index in [0.29, 0.717) is 12.8 Å². The van der Waals surface area contributed by atoms with Crippen LogP contribution in [0.4, 0.5) is 0 Å². The van der Waals surface area contributed by atoms with Crippen molar-refractivity contribution in [2.75, 3.05) is 0 Å². The standard InChI is InChI=1S/C17H32O3/c1-2-3-4-5-6-7-8-9-10-11-12-15(18)16-13-14-17(19)20-16/h15-16,18H,2-14H2,1H3/t15-,16-/m0/s1. The van der Waals surface area contributed by atoms with Crippen LogP contribution in [0.25, 0.3) is 0 Å². The molecule has 0 aromatic heterocycles. The van der Waals surface area contributed by atoms with Gasteiger partial charge in [-0.15, -0.1) is 0 Å². The first-order chi connectivity index (χ1) is 9.74. The van der Waals surface area contributed by atoms with Crippen molar-refractivity contribution in [3.05, 3.63) is 0 Å². The Labute approximate surface area is 124 Å². The summed E-state index contributed by atoms with van der Waals surface area (Å²) in [7, 11) is 0. The van der Waals surface area contributed by atoms with E-state index in [4.69, 9.17) is 4.74 Å². The summed E-state index contributed by atoms with van der Waals surface area (Å²) in [5.41, 5.74) is 0. The first-order valence-electron chi connectivity index (χ1n) is 8.61. The van der Waals surface area contributed by atoms with Crippen LogP contribution in [-0.4, -0.2) is 23.3 Å². The maximum atomic E-state index is 11.0. The van der Waals surface area contributed by atoms with Crippen molar-refractivity contribution in [2.45, 2.75) is 103 Å². The second-order valence-corrected chi connectivity index (χ2v) is 6.10. The summed E-state index contributed by atoms with van der Waals surface area (Å²) in [6.45, 7) is 2.25. The van der Waals surface area contributed by atoms with Gasteiger partial charge in [0.1, 0.15) is 6.10 Å². The number of carbonyl (C=O) groups is 1. The lowest BCUT2D eigenvalue weighted by atomic mass is 10.0. The van der Waals surface area contributed by atoms with Gasteiger partial charge in [-0.2, -0.15) is 0 Å². The number of ether oxygens (including phenoxy) is 1. The van der Waals surface area contributed by atoms with Crippen LogP contribution in [0.5, 0.6) is 0 Å². The van der Waals surface area contributed by atoms with Crippen molar-refractivity contribution in [3.8, 4) is 0 Å². The summed E-state index contributed by atoms with van der Waals surface area (Å²) in [4.78, 5) is 11.0. The highest BCUT2D eigenvalue weighted by molar-refractivity contribution is 5.71. The topological polar surface area (TPSA) is 46.5 Å². The Kier molecular flexibility index (Phi) is 9.73. The van der Waals surface area contributed by atoms with Gasteiger partial charge in [0.2, 0.25) is 0 Å². The van der Waals surface area contributed by atoms with Crippen LogP contribution in [0.3, 0.4) is 0 Å². The van der Waals surface area contributed by atoms with Gasteiger partial charge in [-0.05, 0) is 12.8 Å². The van der Waals surface area contributed by atoms with Crippen molar-refractivity contribution >= 4 is 5.97 Å². The number of rotatable bonds is 12. The monoisotopic (exact) mass is 284 g/mol. The molecule has 0 spiro atoms. The molecule has 0 aromatic rings. The van der Waals surface area contributed by atoms with Gasteiger partial charge in [0.25, 0.3) is 0 Å². The van der Waals surface area contributed by atoms with Crippen LogP contribution in [0.1, 0.15) is 90.4 Å². The molecule has 1 aliphatic rings. The summed E-state index contributed by atoms with van der Waals surface area (Å²) in [6, 6.07) is 0. The fraction of sp³-hybridized carbons (Fsp3) is 0.941. The Morgan fingerprint density at radius 2 is 1.60 bits per heavy atom. The van der Waals surface area contributed by atoms with Crippen LogP contribution in [0.2, 0.25) is 0 Å². The van der Waals surface area contributed by atoms with Crippen molar-refractivity contribution < 1.29 is 14.6 Å². The first kappa shape index (κ1) is 17.5. The molecule has 1 aliphatic heterocycles. The van der Waals surface area contributed by atoms with Crippen molar-refractivity contribution in [2.24, 2.45) is 0 Å². The molecule has 0 bridgehead atoms. The number of hydrogen-bond donors (Lipinski definition) is 1. The largest absolute Gasteiger partial charge is 0.460 e. The smallest absolute Gasteiger partial charge is 0.306 e. The molecule has 2 atom stereocenters. The second-order valence-electron chi connectivity index (χ2n) is 6.10. The summed E-state index contributed by atoms with van der Waals surface area (Å²) in [5, 5.41) is 9.91. The zero-order valence-corrected chi connectivity index (χ0v) is 13.1. The van der Waals surface area contributed by atoms with Crippen molar-refractivity contribution in [3.63, 3.8) is 0 Å². The zero-order valence-electron chi connectivity index (χ0n) is 13.1. The number of hydrogen-bond acceptors (Lipinski definition) is 3. The van der Waals surface area contributed by atoms with Crippen LogP contribution in [0, 0.1) is 0 Å². The van der Waals surface area contributed by atoms with E-state index in [0.717, 1.165) is 12.8 Å². The Bertz CT molecular complexity index is 253. The first-order valence-corrected chi connectivity index (χ1v) is 8.61. The van der Waals surface area contributed by atoms with E-state index in [9.17, 15) is 9.90 Å². The lowest BCUT2D eigenvalue weighted by molar-refractivity contribution is -0.145. The van der Waals surface area contributed by atoms with Gasteiger partial charge >= 0.3 is 5.97 Å². The van der Waals surface area contributed by atoms with Crippen LogP contribution >= 0.6 is 0 Å². The Morgan fingerprint density at radius 3 is 2.10 bits per heavy atom. The Balaban J connectivity index is 1.83. The normalized spacial score (nSPS) is 20.1. The Hall–Kier alpha value is -0.570. The molecule has 1 N–H and O–H groups in total. The van der Waals surface area contributed by atoms with Crippen molar-refractivity contribution in [1.82, 2.24) is 0 Å². The molecule has 3 nitrogen and oxygen atoms in total. The predicted molar refractivity (Wildman–Crippen MR) is 81.6 cm³/mol. The summed E-state index contributed by atoms with van der Waals surface area (Å²) < 4.78 is 5.08. The molecule has 0 amide bonds. The molecule has 0 aliphatic carbocycles. The molecule has 1 heterocycles. The average molecular weight is 284 g/mol. The third-order valence-corrected chi connectivity index (χ3v) is 4.20. The molecular weight excluding hydrogens is 252 g/mol. The maximum Gasteiger partial charge on any atom is 0.306 e. The van der Waals surface area contributed by atoms with Gasteiger partial charge in [-0.25, -0.2) is 0 Å². The predicted octanol–water partition coefficient (Wildman–Crippen LogP) is 4.36. The van der Waals surface area contributed by atoms with Gasteiger partial charge in [0.05, 0.1) is 6.10 Å². The van der Waals surface area contributed by atoms with Gasteiger partial charge in [-0.3, -0.25) is 4.79 Å². The number of aliphatic hydroxyl groups is 1. The number of carbonyl (C=O) groups excluding carboxylic acids is 1. The second kappa shape index (κ2) is 11.1. The van der Waals surface area contributed by atoms with Gasteiger partial charge in [0.15, 0.2) is 0 Å². The molecule has 0 radical (unpaired) electrons. The SMILES string of the molecule is CCCCCCCCCCCC[C@H](O)[C@@H]1CCC(=O)O1. The third kappa shape index (κ3) is 7.88. The molecule has 3 heteroatoms. The van der Waals surface area contributed by atoms with Gasteiger partial charge < -0.3 is 9.84 Å². The summed E-state index contributed by atoms with van der Waals surface area (Å²) in [5.74, 6) is -0.155. The molecule has 0 saturated carbocycles. The quantitative estimate of drug-likeness (QED) is 0.428. The highest BCUT2D eigenvalue weighted by atomic mass is 16.6. The van der Waals surface area contributed by atoms with Crippen LogP contribution < -0.4 is 0 Å². The van der Waals surface area contributed by atoms with E-state index in [-0.39, 0.29) is 12.1 Å². The van der Waals surface area contributed by atoms with E-state index in [2.05, 4.69) is 6.92 Å². The number of unbranched alkanes of at least 4 members (excludes halogenated alkanes) is 9. The number of aliphatic hydroxyl groups excluding tert-OH is 1. The minimum Gasteiger partial charge on any atom is -0.460 e. The zero-order chi connectivity index (χ0) is 14.6. The van der Waals surface area contributed by atoms with E-state index < -0.39 is 6.10 Å². The minimum atomic E-state index is -0.449. The van der Waals surface area contributed by atoms with Crippen LogP contribution in [-0.2, 0) is 9.53 Å². The lowest BCUT2D eigenvalue weighted by Crippen LogP contribution is -2.25.